The maximum absolute atomic E-state index is 13.9. The summed E-state index contributed by atoms with van der Waals surface area (Å²) in [7, 11) is 0. The van der Waals surface area contributed by atoms with Crippen LogP contribution in [0, 0.1) is 17.6 Å². The summed E-state index contributed by atoms with van der Waals surface area (Å²) in [5.41, 5.74) is 2.16. The average molecular weight is 270 g/mol. The van der Waals surface area contributed by atoms with Crippen molar-refractivity contribution in [2.24, 2.45) is 11.8 Å². The lowest BCUT2D eigenvalue weighted by atomic mass is 9.98. The Bertz CT molecular complexity index is 439. The van der Waals surface area contributed by atoms with Crippen LogP contribution >= 0.6 is 0 Å². The smallest absolute Gasteiger partial charge is 0.178 e. The van der Waals surface area contributed by atoms with Gasteiger partial charge in [0.15, 0.2) is 23.3 Å². The Morgan fingerprint density at radius 1 is 1.37 bits per heavy atom. The second-order valence-corrected chi connectivity index (χ2v) is 4.96. The van der Waals surface area contributed by atoms with Gasteiger partial charge in [-0.05, 0) is 25.2 Å². The first-order chi connectivity index (χ1) is 9.15. The second kappa shape index (κ2) is 6.14. The molecule has 0 spiro atoms. The second-order valence-electron chi connectivity index (χ2n) is 4.96. The molecule has 2 heterocycles. The molecule has 0 amide bonds. The van der Waals surface area contributed by atoms with Gasteiger partial charge in [0.1, 0.15) is 0 Å². The van der Waals surface area contributed by atoms with E-state index < -0.39 is 11.6 Å². The molecular formula is C13H20F2N4. The van der Waals surface area contributed by atoms with Crippen molar-refractivity contribution in [3.05, 3.63) is 17.7 Å². The Morgan fingerprint density at radius 2 is 2.16 bits per heavy atom. The molecule has 1 aromatic heterocycles. The van der Waals surface area contributed by atoms with E-state index in [9.17, 15) is 8.78 Å². The normalized spacial score (nSPS) is 20.2. The van der Waals surface area contributed by atoms with Gasteiger partial charge in [-0.15, -0.1) is 0 Å². The van der Waals surface area contributed by atoms with Gasteiger partial charge in [0.05, 0.1) is 0 Å². The first-order valence-electron chi connectivity index (χ1n) is 6.73. The van der Waals surface area contributed by atoms with Gasteiger partial charge in [-0.25, -0.2) is 19.6 Å². The van der Waals surface area contributed by atoms with Gasteiger partial charge in [-0.2, -0.15) is 0 Å². The highest BCUT2D eigenvalue weighted by Crippen LogP contribution is 2.27. The van der Waals surface area contributed by atoms with E-state index in [0.29, 0.717) is 5.92 Å². The van der Waals surface area contributed by atoms with Crippen molar-refractivity contribution in [3.63, 3.8) is 0 Å². The molecule has 1 aliphatic heterocycles. The average Bonchev–Trinajstić information content (AvgIpc) is 2.64. The minimum absolute atomic E-state index is 0.118. The van der Waals surface area contributed by atoms with Crippen LogP contribution in [-0.2, 0) is 0 Å². The molecule has 1 fully saturated rings. The molecule has 0 aromatic carbocycles. The number of rotatable bonds is 3. The molecule has 19 heavy (non-hydrogen) atoms. The summed E-state index contributed by atoms with van der Waals surface area (Å²) in [5.74, 6) is 4.52. The van der Waals surface area contributed by atoms with Crippen molar-refractivity contribution < 1.29 is 8.78 Å². The van der Waals surface area contributed by atoms with Gasteiger partial charge < -0.3 is 10.3 Å². The number of pyridine rings is 1. The Hall–Kier alpha value is -1.43. The van der Waals surface area contributed by atoms with Crippen LogP contribution in [0.3, 0.4) is 0 Å². The van der Waals surface area contributed by atoms with Gasteiger partial charge >= 0.3 is 0 Å². The minimum Gasteiger partial charge on any atom is -0.354 e. The summed E-state index contributed by atoms with van der Waals surface area (Å²) >= 11 is 0. The molecule has 0 saturated carbocycles. The zero-order valence-corrected chi connectivity index (χ0v) is 11.1. The Kier molecular flexibility index (Phi) is 4.52. The van der Waals surface area contributed by atoms with E-state index >= 15 is 0 Å². The van der Waals surface area contributed by atoms with Crippen LogP contribution in [-0.4, -0.2) is 18.1 Å². The van der Waals surface area contributed by atoms with Crippen molar-refractivity contribution in [2.45, 2.75) is 32.6 Å². The summed E-state index contributed by atoms with van der Waals surface area (Å²) in [6, 6.07) is 0.833. The highest BCUT2D eigenvalue weighted by molar-refractivity contribution is 5.48. The quantitative estimate of drug-likeness (QED) is 0.655. The topological polar surface area (TPSA) is 54.2 Å². The van der Waals surface area contributed by atoms with E-state index in [4.69, 9.17) is 5.84 Å². The first-order valence-corrected chi connectivity index (χ1v) is 6.73. The van der Waals surface area contributed by atoms with Crippen LogP contribution in [0.25, 0.3) is 0 Å². The highest BCUT2D eigenvalue weighted by atomic mass is 19.1. The molecule has 2 rings (SSSR count). The van der Waals surface area contributed by atoms with Crippen molar-refractivity contribution in [1.82, 2.24) is 4.98 Å². The van der Waals surface area contributed by atoms with Crippen LogP contribution in [0.4, 0.5) is 20.4 Å². The Morgan fingerprint density at radius 3 is 2.84 bits per heavy atom. The number of nitrogens with zero attached hydrogens (tertiary/aromatic N) is 2. The molecule has 0 aliphatic carbocycles. The van der Waals surface area contributed by atoms with Crippen LogP contribution in [0.1, 0.15) is 32.6 Å². The summed E-state index contributed by atoms with van der Waals surface area (Å²) in [6.45, 7) is 3.67. The number of aromatic nitrogens is 1. The summed E-state index contributed by atoms with van der Waals surface area (Å²) in [5, 5.41) is 0. The SMILES string of the molecule is CCC1CCCN(c2nc(NN)c(F)cc2F)CC1. The predicted molar refractivity (Wildman–Crippen MR) is 71.8 cm³/mol. The summed E-state index contributed by atoms with van der Waals surface area (Å²) in [4.78, 5) is 5.83. The Balaban J connectivity index is 2.21. The van der Waals surface area contributed by atoms with Crippen LogP contribution in [0.5, 0.6) is 0 Å². The van der Waals surface area contributed by atoms with Crippen molar-refractivity contribution >= 4 is 11.6 Å². The molecular weight excluding hydrogens is 250 g/mol. The van der Waals surface area contributed by atoms with Crippen molar-refractivity contribution in [2.75, 3.05) is 23.4 Å². The molecule has 1 aromatic rings. The fourth-order valence-electron chi connectivity index (χ4n) is 2.57. The molecule has 3 N–H and O–H groups in total. The number of hydrogen-bond acceptors (Lipinski definition) is 4. The number of nitrogens with one attached hydrogen (secondary N) is 1. The van der Waals surface area contributed by atoms with E-state index in [2.05, 4.69) is 17.3 Å². The number of anilines is 2. The Labute approximate surface area is 112 Å². The minimum atomic E-state index is -0.773. The molecule has 6 heteroatoms. The first kappa shape index (κ1) is 14.0. The third kappa shape index (κ3) is 3.12. The van der Waals surface area contributed by atoms with Crippen molar-refractivity contribution in [3.8, 4) is 0 Å². The van der Waals surface area contributed by atoms with E-state index in [1.165, 1.54) is 0 Å². The molecule has 1 atom stereocenters. The predicted octanol–water partition coefficient (Wildman–Crippen LogP) is 2.66. The fraction of sp³-hybridized carbons (Fsp3) is 0.615. The number of nitrogens with two attached hydrogens (primary N) is 1. The fourth-order valence-corrected chi connectivity index (χ4v) is 2.57. The number of hydrazine groups is 1. The van der Waals surface area contributed by atoms with Crippen LogP contribution in [0.2, 0.25) is 0 Å². The van der Waals surface area contributed by atoms with E-state index in [1.807, 2.05) is 4.90 Å². The lowest BCUT2D eigenvalue weighted by Gasteiger charge is -2.22. The van der Waals surface area contributed by atoms with Gasteiger partial charge in [0, 0.05) is 19.2 Å². The van der Waals surface area contributed by atoms with Crippen LogP contribution in [0.15, 0.2) is 6.07 Å². The highest BCUT2D eigenvalue weighted by Gasteiger charge is 2.21. The summed E-state index contributed by atoms with van der Waals surface area (Å²) in [6.07, 6.45) is 4.31. The molecule has 0 radical (unpaired) electrons. The van der Waals surface area contributed by atoms with E-state index in [-0.39, 0.29) is 11.6 Å². The van der Waals surface area contributed by atoms with E-state index in [0.717, 1.165) is 44.8 Å². The van der Waals surface area contributed by atoms with Gasteiger partial charge in [0.2, 0.25) is 0 Å². The molecule has 106 valence electrons. The molecule has 0 bridgehead atoms. The molecule has 1 aliphatic rings. The largest absolute Gasteiger partial charge is 0.354 e. The zero-order valence-electron chi connectivity index (χ0n) is 11.1. The van der Waals surface area contributed by atoms with Gasteiger partial charge in [0.25, 0.3) is 0 Å². The maximum atomic E-state index is 13.9. The number of nitrogen functional groups attached to an aromatic ring is 1. The summed E-state index contributed by atoms with van der Waals surface area (Å²) < 4.78 is 27.2. The van der Waals surface area contributed by atoms with Crippen molar-refractivity contribution in [1.29, 1.82) is 0 Å². The third-order valence-electron chi connectivity index (χ3n) is 3.77. The maximum Gasteiger partial charge on any atom is 0.178 e. The standard InChI is InChI=1S/C13H20F2N4/c1-2-9-4-3-6-19(7-5-9)13-11(15)8-10(14)12(17-13)18-16/h8-9H,2-7,16H2,1H3,(H,17,18). The van der Waals surface area contributed by atoms with Crippen LogP contribution < -0.4 is 16.2 Å². The molecule has 1 saturated heterocycles. The van der Waals surface area contributed by atoms with Gasteiger partial charge in [-0.1, -0.05) is 13.3 Å². The zero-order chi connectivity index (χ0) is 13.8. The lowest BCUT2D eigenvalue weighted by Crippen LogP contribution is -2.27. The molecule has 1 unspecified atom stereocenters. The molecule has 4 nitrogen and oxygen atoms in total. The number of hydrogen-bond donors (Lipinski definition) is 2. The van der Waals surface area contributed by atoms with E-state index in [1.54, 1.807) is 0 Å². The lowest BCUT2D eigenvalue weighted by molar-refractivity contribution is 0.459. The monoisotopic (exact) mass is 270 g/mol. The van der Waals surface area contributed by atoms with Gasteiger partial charge in [-0.3, -0.25) is 0 Å². The third-order valence-corrected chi connectivity index (χ3v) is 3.77. The number of halogens is 2.